The zero-order valence-corrected chi connectivity index (χ0v) is 11.9. The van der Waals surface area contributed by atoms with Crippen molar-refractivity contribution in [2.45, 2.75) is 32.9 Å². The molecule has 1 atom stereocenters. The molecule has 96 valence electrons. The Bertz CT molecular complexity index is 378. The molecule has 0 radical (unpaired) electrons. The molecule has 0 spiro atoms. The van der Waals surface area contributed by atoms with Gasteiger partial charge in [0.1, 0.15) is 0 Å². The van der Waals surface area contributed by atoms with Crippen molar-refractivity contribution in [2.75, 3.05) is 13.2 Å². The van der Waals surface area contributed by atoms with E-state index >= 15 is 0 Å². The molecule has 0 fully saturated rings. The minimum atomic E-state index is -0.239. The summed E-state index contributed by atoms with van der Waals surface area (Å²) in [4.78, 5) is 14.9. The fraction of sp³-hybridized carbons (Fsp3) is 0.583. The van der Waals surface area contributed by atoms with Crippen LogP contribution in [-0.4, -0.2) is 41.0 Å². The topological polar surface area (TPSA) is 40.5 Å². The number of rotatable bonds is 6. The fourth-order valence-electron chi connectivity index (χ4n) is 1.82. The maximum absolute atomic E-state index is 12.2. The molecule has 17 heavy (non-hydrogen) atoms. The minimum Gasteiger partial charge on any atom is -0.395 e. The van der Waals surface area contributed by atoms with Crippen LogP contribution >= 0.6 is 22.9 Å². The highest BCUT2D eigenvalue weighted by atomic mass is 35.5. The van der Waals surface area contributed by atoms with Gasteiger partial charge in [-0.3, -0.25) is 9.69 Å². The van der Waals surface area contributed by atoms with E-state index in [1.54, 1.807) is 12.1 Å². The number of aliphatic hydroxyl groups is 1. The van der Waals surface area contributed by atoms with Crippen LogP contribution in [0, 0.1) is 0 Å². The van der Waals surface area contributed by atoms with Gasteiger partial charge in [0.2, 0.25) is 0 Å². The van der Waals surface area contributed by atoms with E-state index in [0.29, 0.717) is 15.8 Å². The standard InChI is InChI=1S/C12H18ClNO2S/c1-8(2)14(6-7-15)9(3)12(16)10-4-5-11(13)17-10/h4-5,8-9,15H,6-7H2,1-3H3. The number of aliphatic hydroxyl groups excluding tert-OH is 1. The van der Waals surface area contributed by atoms with E-state index in [1.165, 1.54) is 11.3 Å². The number of carbonyl (C=O) groups excluding carboxylic acids is 1. The zero-order valence-electron chi connectivity index (χ0n) is 10.3. The molecule has 5 heteroatoms. The van der Waals surface area contributed by atoms with E-state index in [9.17, 15) is 4.79 Å². The second-order valence-corrected chi connectivity index (χ2v) is 5.91. The first-order valence-electron chi connectivity index (χ1n) is 5.63. The van der Waals surface area contributed by atoms with Crippen molar-refractivity contribution >= 4 is 28.7 Å². The third-order valence-electron chi connectivity index (χ3n) is 2.71. The molecule has 0 bridgehead atoms. The quantitative estimate of drug-likeness (QED) is 0.812. The van der Waals surface area contributed by atoms with E-state index in [2.05, 4.69) is 0 Å². The average molecular weight is 276 g/mol. The van der Waals surface area contributed by atoms with Crippen LogP contribution < -0.4 is 0 Å². The lowest BCUT2D eigenvalue weighted by Crippen LogP contribution is -2.44. The lowest BCUT2D eigenvalue weighted by molar-refractivity contribution is 0.0747. The molecule has 1 rings (SSSR count). The third kappa shape index (κ3) is 3.78. The Hall–Kier alpha value is -0.420. The van der Waals surface area contributed by atoms with Crippen molar-refractivity contribution in [2.24, 2.45) is 0 Å². The highest BCUT2D eigenvalue weighted by Crippen LogP contribution is 2.24. The number of carbonyl (C=O) groups is 1. The van der Waals surface area contributed by atoms with Crippen molar-refractivity contribution in [3.63, 3.8) is 0 Å². The van der Waals surface area contributed by atoms with Crippen LogP contribution in [0.25, 0.3) is 0 Å². The summed E-state index contributed by atoms with van der Waals surface area (Å²) in [6.07, 6.45) is 0. The lowest BCUT2D eigenvalue weighted by Gasteiger charge is -2.30. The summed E-state index contributed by atoms with van der Waals surface area (Å²) in [6, 6.07) is 3.47. The second kappa shape index (κ2) is 6.50. The normalized spacial score (nSPS) is 13.4. The van der Waals surface area contributed by atoms with Crippen LogP contribution in [0.15, 0.2) is 12.1 Å². The minimum absolute atomic E-state index is 0.0565. The van der Waals surface area contributed by atoms with E-state index in [0.717, 1.165) is 0 Å². The number of thiophene rings is 1. The van der Waals surface area contributed by atoms with E-state index < -0.39 is 0 Å². The van der Waals surface area contributed by atoms with Crippen molar-refractivity contribution in [1.29, 1.82) is 0 Å². The molecule has 0 aliphatic rings. The largest absolute Gasteiger partial charge is 0.395 e. The van der Waals surface area contributed by atoms with Crippen molar-refractivity contribution in [3.05, 3.63) is 21.3 Å². The Balaban J connectivity index is 2.80. The Morgan fingerprint density at radius 2 is 2.12 bits per heavy atom. The van der Waals surface area contributed by atoms with Crippen molar-refractivity contribution in [3.8, 4) is 0 Å². The lowest BCUT2D eigenvalue weighted by atomic mass is 10.1. The van der Waals surface area contributed by atoms with Gasteiger partial charge in [-0.15, -0.1) is 11.3 Å². The second-order valence-electron chi connectivity index (χ2n) is 4.20. The first-order chi connectivity index (χ1) is 7.97. The molecular formula is C12H18ClNO2S. The SMILES string of the molecule is CC(C)N(CCO)C(C)C(=O)c1ccc(Cl)s1. The van der Waals surface area contributed by atoms with Crippen LogP contribution in [0.1, 0.15) is 30.4 Å². The number of hydrogen-bond donors (Lipinski definition) is 1. The van der Waals surface area contributed by atoms with E-state index in [4.69, 9.17) is 16.7 Å². The fourth-order valence-corrected chi connectivity index (χ4v) is 2.88. The monoisotopic (exact) mass is 275 g/mol. The molecule has 1 N–H and O–H groups in total. The Labute approximate surface area is 111 Å². The van der Waals surface area contributed by atoms with Crippen LogP contribution in [0.5, 0.6) is 0 Å². The highest BCUT2D eigenvalue weighted by Gasteiger charge is 2.25. The van der Waals surface area contributed by atoms with Gasteiger partial charge < -0.3 is 5.11 Å². The van der Waals surface area contributed by atoms with Gasteiger partial charge in [0.25, 0.3) is 0 Å². The molecule has 0 aliphatic heterocycles. The van der Waals surface area contributed by atoms with Gasteiger partial charge in [0, 0.05) is 12.6 Å². The summed E-state index contributed by atoms with van der Waals surface area (Å²) in [5.74, 6) is 0.0593. The molecular weight excluding hydrogens is 258 g/mol. The maximum atomic E-state index is 12.2. The third-order valence-corrected chi connectivity index (χ3v) is 3.96. The Kier molecular flexibility index (Phi) is 5.59. The van der Waals surface area contributed by atoms with E-state index in [1.807, 2.05) is 25.7 Å². The Morgan fingerprint density at radius 1 is 1.47 bits per heavy atom. The first-order valence-corrected chi connectivity index (χ1v) is 6.83. The van der Waals surface area contributed by atoms with Gasteiger partial charge in [0.05, 0.1) is 21.9 Å². The van der Waals surface area contributed by atoms with Crippen LogP contribution in [0.4, 0.5) is 0 Å². The predicted octanol–water partition coefficient (Wildman–Crippen LogP) is 2.68. The number of Topliss-reactive ketones (excluding diaryl/α,β-unsaturated/α-hetero) is 1. The van der Waals surface area contributed by atoms with Crippen molar-refractivity contribution < 1.29 is 9.90 Å². The molecule has 0 saturated heterocycles. The molecule has 1 unspecified atom stereocenters. The van der Waals surface area contributed by atoms with Crippen LogP contribution in [-0.2, 0) is 0 Å². The first kappa shape index (κ1) is 14.6. The molecule has 1 heterocycles. The summed E-state index contributed by atoms with van der Waals surface area (Å²) in [5, 5.41) is 9.02. The van der Waals surface area contributed by atoms with Gasteiger partial charge in [0.15, 0.2) is 5.78 Å². The average Bonchev–Trinajstić information content (AvgIpc) is 2.70. The molecule has 1 aromatic rings. The summed E-state index contributed by atoms with van der Waals surface area (Å²) in [5.41, 5.74) is 0. The molecule has 1 aromatic heterocycles. The number of ketones is 1. The summed E-state index contributed by atoms with van der Waals surface area (Å²) >= 11 is 7.12. The molecule has 0 saturated carbocycles. The van der Waals surface area contributed by atoms with Crippen LogP contribution in [0.2, 0.25) is 4.34 Å². The number of hydrogen-bond acceptors (Lipinski definition) is 4. The Morgan fingerprint density at radius 3 is 2.53 bits per heavy atom. The molecule has 0 aliphatic carbocycles. The summed E-state index contributed by atoms with van der Waals surface area (Å²) in [6.45, 7) is 6.46. The van der Waals surface area contributed by atoms with Gasteiger partial charge >= 0.3 is 0 Å². The van der Waals surface area contributed by atoms with Gasteiger partial charge in [-0.25, -0.2) is 0 Å². The molecule has 0 amide bonds. The van der Waals surface area contributed by atoms with E-state index in [-0.39, 0.29) is 24.5 Å². The van der Waals surface area contributed by atoms with Crippen molar-refractivity contribution in [1.82, 2.24) is 4.90 Å². The predicted molar refractivity (Wildman–Crippen MR) is 72.0 cm³/mol. The summed E-state index contributed by atoms with van der Waals surface area (Å²) < 4.78 is 0.624. The number of halogens is 1. The summed E-state index contributed by atoms with van der Waals surface area (Å²) in [7, 11) is 0. The van der Waals surface area contributed by atoms with Gasteiger partial charge in [-0.1, -0.05) is 11.6 Å². The van der Waals surface area contributed by atoms with Gasteiger partial charge in [-0.05, 0) is 32.9 Å². The van der Waals surface area contributed by atoms with Crippen LogP contribution in [0.3, 0.4) is 0 Å². The van der Waals surface area contributed by atoms with Gasteiger partial charge in [-0.2, -0.15) is 0 Å². The molecule has 3 nitrogen and oxygen atoms in total. The zero-order chi connectivity index (χ0) is 13.0. The highest BCUT2D eigenvalue weighted by molar-refractivity contribution is 7.18. The smallest absolute Gasteiger partial charge is 0.189 e. The number of nitrogens with zero attached hydrogens (tertiary/aromatic N) is 1. The maximum Gasteiger partial charge on any atom is 0.189 e. The molecule has 0 aromatic carbocycles.